The summed E-state index contributed by atoms with van der Waals surface area (Å²) in [7, 11) is 0. The molecule has 5 nitrogen and oxygen atoms in total. The van der Waals surface area contributed by atoms with Crippen molar-refractivity contribution >= 4 is 0 Å². The Bertz CT molecular complexity index is 936. The van der Waals surface area contributed by atoms with Crippen molar-refractivity contribution in [3.8, 4) is 5.75 Å². The Kier molecular flexibility index (Phi) is 6.06. The minimum Gasteiger partial charge on any atom is -0.502 e. The Labute approximate surface area is 158 Å². The summed E-state index contributed by atoms with van der Waals surface area (Å²) in [6.45, 7) is 3.30. The van der Waals surface area contributed by atoms with Gasteiger partial charge in [0.05, 0.1) is 12.6 Å². The number of rotatable bonds is 7. The smallest absolute Gasteiger partial charge is 0.226 e. The minimum absolute atomic E-state index is 0.341. The summed E-state index contributed by atoms with van der Waals surface area (Å²) in [6, 6.07) is 19.0. The van der Waals surface area contributed by atoms with Gasteiger partial charge in [-0.3, -0.25) is 9.69 Å². The van der Waals surface area contributed by atoms with Gasteiger partial charge in [-0.25, -0.2) is 0 Å². The minimum atomic E-state index is -0.669. The van der Waals surface area contributed by atoms with Crippen molar-refractivity contribution in [3.05, 3.63) is 99.6 Å². The summed E-state index contributed by atoms with van der Waals surface area (Å²) in [6.07, 6.45) is 0.382. The molecule has 5 heteroatoms. The van der Waals surface area contributed by atoms with Gasteiger partial charge in [-0.1, -0.05) is 60.2 Å². The van der Waals surface area contributed by atoms with Gasteiger partial charge in [-0.05, 0) is 18.1 Å². The van der Waals surface area contributed by atoms with Gasteiger partial charge in [0.25, 0.3) is 0 Å². The van der Waals surface area contributed by atoms with E-state index < -0.39 is 17.3 Å². The van der Waals surface area contributed by atoms with E-state index in [4.69, 9.17) is 4.42 Å². The lowest BCUT2D eigenvalue weighted by Gasteiger charge is -2.25. The summed E-state index contributed by atoms with van der Waals surface area (Å²) < 4.78 is 5.34. The number of hydrogen-bond acceptors (Lipinski definition) is 5. The molecular formula is C22H23NO4. The maximum atomic E-state index is 11.7. The highest BCUT2D eigenvalue weighted by Gasteiger charge is 2.16. The molecule has 2 aromatic carbocycles. The lowest BCUT2D eigenvalue weighted by molar-refractivity contribution is 0.0998. The molecule has 0 saturated heterocycles. The molecule has 27 heavy (non-hydrogen) atoms. The summed E-state index contributed by atoms with van der Waals surface area (Å²) in [5.41, 5.74) is 2.55. The first-order valence-corrected chi connectivity index (χ1v) is 8.83. The second-order valence-electron chi connectivity index (χ2n) is 6.68. The van der Waals surface area contributed by atoms with E-state index in [1.54, 1.807) is 0 Å². The second-order valence-corrected chi connectivity index (χ2v) is 6.68. The third-order valence-electron chi connectivity index (χ3n) is 4.35. The molecule has 0 aliphatic rings. The van der Waals surface area contributed by atoms with Crippen molar-refractivity contribution in [1.82, 2.24) is 4.90 Å². The summed E-state index contributed by atoms with van der Waals surface area (Å²) in [5, 5.41) is 20.1. The van der Waals surface area contributed by atoms with Crippen LogP contribution in [0.4, 0.5) is 0 Å². The number of nitrogens with zero attached hydrogens (tertiary/aromatic N) is 1. The van der Waals surface area contributed by atoms with Crippen molar-refractivity contribution in [3.63, 3.8) is 0 Å². The zero-order valence-corrected chi connectivity index (χ0v) is 15.2. The number of aryl methyl sites for hydroxylation is 1. The SMILES string of the molecule is Cc1cccc(C(O)CN(Cc2ccccc2)Cc2cc(=O)c(O)co2)c1. The Morgan fingerprint density at radius 3 is 2.52 bits per heavy atom. The molecule has 1 heterocycles. The van der Waals surface area contributed by atoms with Crippen LogP contribution in [0.15, 0.2) is 76.1 Å². The van der Waals surface area contributed by atoms with Gasteiger partial charge < -0.3 is 14.6 Å². The number of aliphatic hydroxyl groups excluding tert-OH is 1. The molecule has 0 aliphatic carbocycles. The van der Waals surface area contributed by atoms with Gasteiger partial charge in [-0.2, -0.15) is 0 Å². The molecule has 1 aromatic heterocycles. The Morgan fingerprint density at radius 2 is 1.81 bits per heavy atom. The zero-order valence-electron chi connectivity index (χ0n) is 15.2. The molecule has 2 N–H and O–H groups in total. The maximum absolute atomic E-state index is 11.7. The lowest BCUT2D eigenvalue weighted by atomic mass is 10.1. The van der Waals surface area contributed by atoms with E-state index in [2.05, 4.69) is 0 Å². The molecular weight excluding hydrogens is 342 g/mol. The Hall–Kier alpha value is -2.89. The zero-order chi connectivity index (χ0) is 19.2. The number of aliphatic hydroxyl groups is 1. The molecule has 0 aliphatic heterocycles. The maximum Gasteiger partial charge on any atom is 0.226 e. The van der Waals surface area contributed by atoms with Crippen molar-refractivity contribution < 1.29 is 14.6 Å². The average molecular weight is 365 g/mol. The van der Waals surface area contributed by atoms with E-state index >= 15 is 0 Å². The monoisotopic (exact) mass is 365 g/mol. The molecule has 1 atom stereocenters. The van der Waals surface area contributed by atoms with E-state index in [1.807, 2.05) is 66.4 Å². The van der Waals surface area contributed by atoms with Crippen LogP contribution in [0, 0.1) is 6.92 Å². The highest BCUT2D eigenvalue weighted by Crippen LogP contribution is 2.19. The van der Waals surface area contributed by atoms with Crippen molar-refractivity contribution in [2.75, 3.05) is 6.54 Å². The fourth-order valence-corrected chi connectivity index (χ4v) is 3.00. The molecule has 0 radical (unpaired) electrons. The topological polar surface area (TPSA) is 73.9 Å². The second kappa shape index (κ2) is 8.66. The number of benzene rings is 2. The van der Waals surface area contributed by atoms with Gasteiger partial charge in [0.1, 0.15) is 12.0 Å². The molecule has 3 rings (SSSR count). The van der Waals surface area contributed by atoms with Crippen LogP contribution in [-0.2, 0) is 13.1 Å². The normalized spacial score (nSPS) is 12.3. The third-order valence-corrected chi connectivity index (χ3v) is 4.35. The van der Waals surface area contributed by atoms with Crippen LogP contribution in [0.2, 0.25) is 0 Å². The first-order chi connectivity index (χ1) is 13.0. The summed E-state index contributed by atoms with van der Waals surface area (Å²) in [4.78, 5) is 13.7. The van der Waals surface area contributed by atoms with Crippen LogP contribution in [0.3, 0.4) is 0 Å². The Balaban J connectivity index is 1.80. The molecule has 0 spiro atoms. The highest BCUT2D eigenvalue weighted by molar-refractivity contribution is 5.24. The molecule has 0 saturated carbocycles. The fraction of sp³-hybridized carbons (Fsp3) is 0.227. The van der Waals surface area contributed by atoms with Crippen LogP contribution < -0.4 is 5.43 Å². The quantitative estimate of drug-likeness (QED) is 0.671. The van der Waals surface area contributed by atoms with Gasteiger partial charge in [0.15, 0.2) is 5.75 Å². The van der Waals surface area contributed by atoms with Crippen LogP contribution >= 0.6 is 0 Å². The third kappa shape index (κ3) is 5.29. The van der Waals surface area contributed by atoms with Crippen molar-refractivity contribution in [2.45, 2.75) is 26.1 Å². The van der Waals surface area contributed by atoms with Crippen molar-refractivity contribution in [2.24, 2.45) is 0 Å². The predicted octanol–water partition coefficient (Wildman–Crippen LogP) is 3.39. The number of hydrogen-bond donors (Lipinski definition) is 2. The number of aromatic hydroxyl groups is 1. The van der Waals surface area contributed by atoms with E-state index in [-0.39, 0.29) is 0 Å². The van der Waals surface area contributed by atoms with Crippen LogP contribution in [0.5, 0.6) is 5.75 Å². The Morgan fingerprint density at radius 1 is 1.04 bits per heavy atom. The predicted molar refractivity (Wildman–Crippen MR) is 103 cm³/mol. The molecule has 0 amide bonds. The van der Waals surface area contributed by atoms with Crippen LogP contribution in [0.1, 0.15) is 28.6 Å². The molecule has 3 aromatic rings. The van der Waals surface area contributed by atoms with Gasteiger partial charge in [0.2, 0.25) is 5.43 Å². The van der Waals surface area contributed by atoms with Gasteiger partial charge in [0, 0.05) is 19.2 Å². The van der Waals surface area contributed by atoms with Crippen LogP contribution in [0.25, 0.3) is 0 Å². The molecule has 140 valence electrons. The van der Waals surface area contributed by atoms with Crippen molar-refractivity contribution in [1.29, 1.82) is 0 Å². The van der Waals surface area contributed by atoms with Gasteiger partial charge in [-0.15, -0.1) is 0 Å². The summed E-state index contributed by atoms with van der Waals surface area (Å²) in [5.74, 6) is 0.0262. The standard InChI is InChI=1S/C22H23NO4/c1-16-6-5-9-18(10-16)21(25)14-23(12-17-7-3-2-4-8-17)13-19-11-20(24)22(26)15-27-19/h2-11,15,21,25-26H,12-14H2,1H3. The highest BCUT2D eigenvalue weighted by atomic mass is 16.4. The van der Waals surface area contributed by atoms with E-state index in [0.29, 0.717) is 25.4 Å². The largest absolute Gasteiger partial charge is 0.502 e. The fourth-order valence-electron chi connectivity index (χ4n) is 3.00. The summed E-state index contributed by atoms with van der Waals surface area (Å²) >= 11 is 0. The van der Waals surface area contributed by atoms with E-state index in [0.717, 1.165) is 23.0 Å². The first-order valence-electron chi connectivity index (χ1n) is 8.83. The first kappa shape index (κ1) is 18.9. The van der Waals surface area contributed by atoms with E-state index in [9.17, 15) is 15.0 Å². The average Bonchev–Trinajstić information content (AvgIpc) is 2.65. The molecule has 1 unspecified atom stereocenters. The molecule has 0 fully saturated rings. The van der Waals surface area contributed by atoms with E-state index in [1.165, 1.54) is 6.07 Å². The lowest BCUT2D eigenvalue weighted by Crippen LogP contribution is -2.28. The van der Waals surface area contributed by atoms with Crippen LogP contribution in [-0.4, -0.2) is 21.7 Å². The molecule has 0 bridgehead atoms. The van der Waals surface area contributed by atoms with Gasteiger partial charge >= 0.3 is 0 Å².